The van der Waals surface area contributed by atoms with Gasteiger partial charge in [-0.3, -0.25) is 14.6 Å². The minimum Gasteiger partial charge on any atom is -0.299 e. The van der Waals surface area contributed by atoms with Gasteiger partial charge in [-0.25, -0.2) is 0 Å². The fourth-order valence-electron chi connectivity index (χ4n) is 3.81. The third-order valence-electron chi connectivity index (χ3n) is 4.82. The summed E-state index contributed by atoms with van der Waals surface area (Å²) in [6.07, 6.45) is 8.35. The largest absolute Gasteiger partial charge is 0.299 e. The Hall–Kier alpha value is -0.410. The highest BCUT2D eigenvalue weighted by Crippen LogP contribution is 2.26. The lowest BCUT2D eigenvalue weighted by Gasteiger charge is -2.30. The van der Waals surface area contributed by atoms with E-state index in [1.807, 2.05) is 0 Å². The summed E-state index contributed by atoms with van der Waals surface area (Å²) >= 11 is 0. The van der Waals surface area contributed by atoms with Crippen molar-refractivity contribution in [2.45, 2.75) is 57.0 Å². The van der Waals surface area contributed by atoms with Crippen LogP contribution in [0, 0.1) is 0 Å². The lowest BCUT2D eigenvalue weighted by molar-refractivity contribution is -0.125. The second kappa shape index (κ2) is 5.07. The van der Waals surface area contributed by atoms with Crippen molar-refractivity contribution in [1.82, 2.24) is 9.80 Å². The molecule has 2 aliphatic heterocycles. The molecule has 3 nitrogen and oxygen atoms in total. The molecule has 0 aromatic carbocycles. The van der Waals surface area contributed by atoms with Crippen molar-refractivity contribution >= 4 is 5.78 Å². The zero-order chi connectivity index (χ0) is 11.7. The first kappa shape index (κ1) is 11.7. The molecule has 2 atom stereocenters. The van der Waals surface area contributed by atoms with E-state index in [4.69, 9.17) is 0 Å². The van der Waals surface area contributed by atoms with E-state index < -0.39 is 0 Å². The van der Waals surface area contributed by atoms with Gasteiger partial charge in [-0.2, -0.15) is 0 Å². The van der Waals surface area contributed by atoms with Crippen molar-refractivity contribution in [3.05, 3.63) is 0 Å². The molecule has 0 radical (unpaired) electrons. The van der Waals surface area contributed by atoms with E-state index in [0.717, 1.165) is 38.4 Å². The standard InChI is InChI=1S/C14H24N2O/c17-14-6-2-1-5-13(14)16-10-7-12(11-16)15-8-3-4-9-15/h12-13H,1-11H2. The molecule has 17 heavy (non-hydrogen) atoms. The van der Waals surface area contributed by atoms with Crippen molar-refractivity contribution < 1.29 is 4.79 Å². The summed E-state index contributed by atoms with van der Waals surface area (Å²) in [5.74, 6) is 0.512. The van der Waals surface area contributed by atoms with Gasteiger partial charge in [0.15, 0.2) is 0 Å². The Kier molecular flexibility index (Phi) is 3.48. The van der Waals surface area contributed by atoms with Crippen molar-refractivity contribution in [1.29, 1.82) is 0 Å². The Morgan fingerprint density at radius 3 is 2.47 bits per heavy atom. The van der Waals surface area contributed by atoms with Crippen LogP contribution in [0.15, 0.2) is 0 Å². The summed E-state index contributed by atoms with van der Waals surface area (Å²) in [4.78, 5) is 17.1. The molecule has 1 saturated carbocycles. The molecule has 2 unspecified atom stereocenters. The van der Waals surface area contributed by atoms with Crippen LogP contribution in [0.25, 0.3) is 0 Å². The van der Waals surface area contributed by atoms with Gasteiger partial charge in [0.2, 0.25) is 0 Å². The molecular formula is C14H24N2O. The SMILES string of the molecule is O=C1CCCCC1N1CCC(N2CCCC2)C1. The fourth-order valence-corrected chi connectivity index (χ4v) is 3.81. The maximum atomic E-state index is 12.0. The molecule has 0 spiro atoms. The minimum absolute atomic E-state index is 0.274. The van der Waals surface area contributed by atoms with Crippen LogP contribution in [0.2, 0.25) is 0 Å². The van der Waals surface area contributed by atoms with E-state index in [9.17, 15) is 4.79 Å². The summed E-state index contributed by atoms with van der Waals surface area (Å²) in [7, 11) is 0. The first-order chi connectivity index (χ1) is 8.34. The summed E-state index contributed by atoms with van der Waals surface area (Å²) in [5, 5.41) is 0. The number of Topliss-reactive ketones (excluding diaryl/α,β-unsaturated/α-hetero) is 1. The van der Waals surface area contributed by atoms with Crippen LogP contribution < -0.4 is 0 Å². The number of ketones is 1. The highest BCUT2D eigenvalue weighted by molar-refractivity contribution is 5.84. The minimum atomic E-state index is 0.274. The predicted molar refractivity (Wildman–Crippen MR) is 68.0 cm³/mol. The number of hydrogen-bond acceptors (Lipinski definition) is 3. The summed E-state index contributed by atoms with van der Waals surface area (Å²) in [5.41, 5.74) is 0. The number of rotatable bonds is 2. The van der Waals surface area contributed by atoms with Crippen molar-refractivity contribution in [3.8, 4) is 0 Å². The van der Waals surface area contributed by atoms with Crippen LogP contribution in [-0.2, 0) is 4.79 Å². The van der Waals surface area contributed by atoms with Gasteiger partial charge in [-0.15, -0.1) is 0 Å². The average Bonchev–Trinajstić information content (AvgIpc) is 3.00. The van der Waals surface area contributed by atoms with Crippen LogP contribution in [0.5, 0.6) is 0 Å². The molecular weight excluding hydrogens is 212 g/mol. The maximum absolute atomic E-state index is 12.0. The highest BCUT2D eigenvalue weighted by atomic mass is 16.1. The number of carbonyl (C=O) groups excluding carboxylic acids is 1. The third kappa shape index (κ3) is 2.41. The van der Waals surface area contributed by atoms with Crippen molar-refractivity contribution in [2.24, 2.45) is 0 Å². The average molecular weight is 236 g/mol. The van der Waals surface area contributed by atoms with Gasteiger partial charge in [0.05, 0.1) is 6.04 Å². The predicted octanol–water partition coefficient (Wildman–Crippen LogP) is 1.67. The van der Waals surface area contributed by atoms with Crippen LogP contribution in [0.4, 0.5) is 0 Å². The number of nitrogens with zero attached hydrogens (tertiary/aromatic N) is 2. The molecule has 0 bridgehead atoms. The Balaban J connectivity index is 1.57. The molecule has 3 fully saturated rings. The van der Waals surface area contributed by atoms with E-state index in [-0.39, 0.29) is 6.04 Å². The van der Waals surface area contributed by atoms with Gasteiger partial charge in [-0.05, 0) is 45.2 Å². The number of likely N-dealkylation sites (tertiary alicyclic amines) is 2. The molecule has 2 saturated heterocycles. The first-order valence-electron chi connectivity index (χ1n) is 7.35. The van der Waals surface area contributed by atoms with Crippen LogP contribution in [0.1, 0.15) is 44.9 Å². The summed E-state index contributed by atoms with van der Waals surface area (Å²) in [6.45, 7) is 4.88. The van der Waals surface area contributed by atoms with E-state index in [0.29, 0.717) is 5.78 Å². The molecule has 0 aromatic heterocycles. The van der Waals surface area contributed by atoms with Gasteiger partial charge in [0.1, 0.15) is 5.78 Å². The van der Waals surface area contributed by atoms with Crippen LogP contribution >= 0.6 is 0 Å². The number of carbonyl (C=O) groups is 1. The van der Waals surface area contributed by atoms with Crippen LogP contribution in [0.3, 0.4) is 0 Å². The second-order valence-electron chi connectivity index (χ2n) is 5.91. The Labute approximate surface area is 104 Å². The normalized spacial score (nSPS) is 36.8. The Bertz CT molecular complexity index is 286. The first-order valence-corrected chi connectivity index (χ1v) is 7.35. The lowest BCUT2D eigenvalue weighted by Crippen LogP contribution is -2.43. The molecule has 96 valence electrons. The molecule has 3 rings (SSSR count). The van der Waals surface area contributed by atoms with Crippen LogP contribution in [-0.4, -0.2) is 53.8 Å². The van der Waals surface area contributed by atoms with Crippen molar-refractivity contribution in [3.63, 3.8) is 0 Å². The molecule has 0 N–H and O–H groups in total. The van der Waals surface area contributed by atoms with E-state index in [1.54, 1.807) is 0 Å². The van der Waals surface area contributed by atoms with E-state index in [1.165, 1.54) is 38.8 Å². The van der Waals surface area contributed by atoms with Crippen molar-refractivity contribution in [2.75, 3.05) is 26.2 Å². The molecule has 3 aliphatic rings. The number of hydrogen-bond donors (Lipinski definition) is 0. The fraction of sp³-hybridized carbons (Fsp3) is 0.929. The van der Waals surface area contributed by atoms with Gasteiger partial charge in [-0.1, -0.05) is 6.42 Å². The molecule has 0 amide bonds. The third-order valence-corrected chi connectivity index (χ3v) is 4.82. The second-order valence-corrected chi connectivity index (χ2v) is 5.91. The highest BCUT2D eigenvalue weighted by Gasteiger charge is 2.35. The topological polar surface area (TPSA) is 23.6 Å². The zero-order valence-electron chi connectivity index (χ0n) is 10.7. The summed E-state index contributed by atoms with van der Waals surface area (Å²) in [6, 6.07) is 1.02. The van der Waals surface area contributed by atoms with Gasteiger partial charge >= 0.3 is 0 Å². The van der Waals surface area contributed by atoms with E-state index in [2.05, 4.69) is 9.80 Å². The quantitative estimate of drug-likeness (QED) is 0.728. The Morgan fingerprint density at radius 2 is 1.71 bits per heavy atom. The van der Waals surface area contributed by atoms with Gasteiger partial charge < -0.3 is 0 Å². The Morgan fingerprint density at radius 1 is 0.882 bits per heavy atom. The zero-order valence-corrected chi connectivity index (χ0v) is 10.7. The lowest BCUT2D eigenvalue weighted by atomic mass is 9.93. The van der Waals surface area contributed by atoms with E-state index >= 15 is 0 Å². The maximum Gasteiger partial charge on any atom is 0.149 e. The molecule has 1 aliphatic carbocycles. The van der Waals surface area contributed by atoms with Gasteiger partial charge in [0, 0.05) is 25.6 Å². The van der Waals surface area contributed by atoms with Gasteiger partial charge in [0.25, 0.3) is 0 Å². The smallest absolute Gasteiger partial charge is 0.149 e. The molecule has 0 aromatic rings. The monoisotopic (exact) mass is 236 g/mol. The molecule has 3 heteroatoms. The molecule has 2 heterocycles. The summed E-state index contributed by atoms with van der Waals surface area (Å²) < 4.78 is 0.